The number of carbonyl (C=O) groups is 1. The van der Waals surface area contributed by atoms with Crippen LogP contribution in [0.2, 0.25) is 0 Å². The molecule has 0 bridgehead atoms. The van der Waals surface area contributed by atoms with Gasteiger partial charge in [-0.3, -0.25) is 4.79 Å². The zero-order chi connectivity index (χ0) is 21.5. The van der Waals surface area contributed by atoms with Crippen LogP contribution in [0.3, 0.4) is 0 Å². The van der Waals surface area contributed by atoms with Crippen LogP contribution in [0.15, 0.2) is 29.3 Å². The molecule has 1 aliphatic heterocycles. The van der Waals surface area contributed by atoms with Gasteiger partial charge in [0.1, 0.15) is 0 Å². The molecule has 2 unspecified atom stereocenters. The van der Waals surface area contributed by atoms with Crippen LogP contribution in [0.5, 0.6) is 0 Å². The van der Waals surface area contributed by atoms with Crippen molar-refractivity contribution in [2.75, 3.05) is 19.6 Å². The highest BCUT2D eigenvalue weighted by Gasteiger charge is 2.26. The molecule has 2 aliphatic rings. The van der Waals surface area contributed by atoms with Gasteiger partial charge in [-0.05, 0) is 64.2 Å². The first-order valence-corrected chi connectivity index (χ1v) is 11.2. The Bertz CT molecular complexity index is 704. The summed E-state index contributed by atoms with van der Waals surface area (Å²) >= 11 is 0. The Balaban J connectivity index is 1.57. The second kappa shape index (κ2) is 10.8. The van der Waals surface area contributed by atoms with Gasteiger partial charge in [-0.2, -0.15) is 0 Å². The van der Waals surface area contributed by atoms with Gasteiger partial charge >= 0.3 is 0 Å². The zero-order valence-electron chi connectivity index (χ0n) is 18.4. The lowest BCUT2D eigenvalue weighted by Crippen LogP contribution is -2.48. The second-order valence-corrected chi connectivity index (χ2v) is 8.51. The highest BCUT2D eigenvalue weighted by atomic mass is 16.5. The largest absolute Gasteiger partial charge is 0.393 e. The van der Waals surface area contributed by atoms with Gasteiger partial charge in [-0.15, -0.1) is 0 Å². The molecular formula is C23H36N4O3. The monoisotopic (exact) mass is 416 g/mol. The van der Waals surface area contributed by atoms with Crippen LogP contribution in [0.1, 0.15) is 62.4 Å². The molecule has 7 heteroatoms. The Kier molecular flexibility index (Phi) is 8.10. The van der Waals surface area contributed by atoms with Crippen molar-refractivity contribution in [2.45, 2.75) is 77.4 Å². The summed E-state index contributed by atoms with van der Waals surface area (Å²) in [5.41, 5.74) is 1.77. The van der Waals surface area contributed by atoms with Gasteiger partial charge in [0.25, 0.3) is 5.91 Å². The molecule has 0 radical (unpaired) electrons. The SMILES string of the molecule is CCNC(=NCc1ccc(C(=O)N2CC(C)OC(C)C2)cc1)NC1CCC(O)CC1. The third-order valence-electron chi connectivity index (χ3n) is 5.71. The van der Waals surface area contributed by atoms with Crippen molar-refractivity contribution in [3.63, 3.8) is 0 Å². The molecule has 1 saturated carbocycles. The van der Waals surface area contributed by atoms with Crippen molar-refractivity contribution in [1.29, 1.82) is 0 Å². The van der Waals surface area contributed by atoms with Crippen molar-refractivity contribution < 1.29 is 14.6 Å². The quantitative estimate of drug-likeness (QED) is 0.507. The minimum absolute atomic E-state index is 0.0570. The number of ether oxygens (including phenoxy) is 1. The summed E-state index contributed by atoms with van der Waals surface area (Å²) in [7, 11) is 0. The number of guanidine groups is 1. The average molecular weight is 417 g/mol. The highest BCUT2D eigenvalue weighted by Crippen LogP contribution is 2.18. The molecule has 1 heterocycles. The molecule has 1 aromatic rings. The minimum atomic E-state index is -0.160. The summed E-state index contributed by atoms with van der Waals surface area (Å²) in [5.74, 6) is 0.858. The fourth-order valence-corrected chi connectivity index (χ4v) is 4.18. The van der Waals surface area contributed by atoms with E-state index in [0.717, 1.165) is 43.8 Å². The highest BCUT2D eigenvalue weighted by molar-refractivity contribution is 5.94. The molecule has 1 aromatic carbocycles. The Labute approximate surface area is 179 Å². The number of aliphatic hydroxyl groups is 1. The molecule has 1 saturated heterocycles. The third kappa shape index (κ3) is 6.44. The van der Waals surface area contributed by atoms with Crippen molar-refractivity contribution >= 4 is 11.9 Å². The van der Waals surface area contributed by atoms with Crippen LogP contribution >= 0.6 is 0 Å². The van der Waals surface area contributed by atoms with Crippen molar-refractivity contribution in [3.8, 4) is 0 Å². The number of nitrogens with zero attached hydrogens (tertiary/aromatic N) is 2. The molecule has 1 amide bonds. The summed E-state index contributed by atoms with van der Waals surface area (Å²) in [6.07, 6.45) is 3.57. The van der Waals surface area contributed by atoms with Gasteiger partial charge in [0.2, 0.25) is 0 Å². The third-order valence-corrected chi connectivity index (χ3v) is 5.71. The smallest absolute Gasteiger partial charge is 0.254 e. The van der Waals surface area contributed by atoms with E-state index in [1.165, 1.54) is 0 Å². The molecule has 166 valence electrons. The summed E-state index contributed by atoms with van der Waals surface area (Å²) in [6.45, 7) is 8.66. The van der Waals surface area contributed by atoms with Gasteiger partial charge in [-0.1, -0.05) is 12.1 Å². The number of amides is 1. The van der Waals surface area contributed by atoms with E-state index < -0.39 is 0 Å². The van der Waals surface area contributed by atoms with Gasteiger partial charge in [0.15, 0.2) is 5.96 Å². The summed E-state index contributed by atoms with van der Waals surface area (Å²) in [6, 6.07) is 8.08. The number of aliphatic hydroxyl groups excluding tert-OH is 1. The summed E-state index contributed by atoms with van der Waals surface area (Å²) in [4.78, 5) is 19.4. The van der Waals surface area contributed by atoms with Gasteiger partial charge in [-0.25, -0.2) is 4.99 Å². The normalized spacial score (nSPS) is 27.6. The lowest BCUT2D eigenvalue weighted by Gasteiger charge is -2.35. The molecule has 0 aromatic heterocycles. The molecule has 2 atom stereocenters. The minimum Gasteiger partial charge on any atom is -0.393 e. The van der Waals surface area contributed by atoms with Crippen LogP contribution in [0.4, 0.5) is 0 Å². The second-order valence-electron chi connectivity index (χ2n) is 8.51. The van der Waals surface area contributed by atoms with Crippen molar-refractivity contribution in [3.05, 3.63) is 35.4 Å². The maximum Gasteiger partial charge on any atom is 0.254 e. The van der Waals surface area contributed by atoms with Gasteiger partial charge in [0, 0.05) is 31.2 Å². The van der Waals surface area contributed by atoms with Crippen LogP contribution in [0.25, 0.3) is 0 Å². The van der Waals surface area contributed by atoms with Crippen molar-refractivity contribution in [1.82, 2.24) is 15.5 Å². The van der Waals surface area contributed by atoms with Crippen LogP contribution < -0.4 is 10.6 Å². The Morgan fingerprint density at radius 1 is 1.13 bits per heavy atom. The molecule has 3 N–H and O–H groups in total. The first-order chi connectivity index (χ1) is 14.4. The number of rotatable bonds is 5. The topological polar surface area (TPSA) is 86.2 Å². The Hall–Kier alpha value is -2.12. The number of carbonyl (C=O) groups excluding carboxylic acids is 1. The van der Waals surface area contributed by atoms with Crippen LogP contribution in [-0.2, 0) is 11.3 Å². The van der Waals surface area contributed by atoms with Crippen LogP contribution in [0, 0.1) is 0 Å². The summed E-state index contributed by atoms with van der Waals surface area (Å²) < 4.78 is 5.72. The molecular weight excluding hydrogens is 380 g/mol. The molecule has 0 spiro atoms. The molecule has 2 fully saturated rings. The maximum atomic E-state index is 12.8. The predicted octanol–water partition coefficient (Wildman–Crippen LogP) is 2.29. The van der Waals surface area contributed by atoms with E-state index in [9.17, 15) is 9.90 Å². The maximum absolute atomic E-state index is 12.8. The molecule has 1 aliphatic carbocycles. The van der Waals surface area contributed by atoms with Gasteiger partial charge in [0.05, 0.1) is 24.9 Å². The average Bonchev–Trinajstić information content (AvgIpc) is 2.73. The number of hydrogen-bond donors (Lipinski definition) is 3. The van der Waals surface area contributed by atoms with E-state index >= 15 is 0 Å². The lowest BCUT2D eigenvalue weighted by atomic mass is 9.93. The van der Waals surface area contributed by atoms with E-state index in [4.69, 9.17) is 9.73 Å². The standard InChI is InChI=1S/C23H36N4O3/c1-4-24-23(26-20-9-11-21(28)12-10-20)25-13-18-5-7-19(8-6-18)22(29)27-14-16(2)30-17(3)15-27/h5-8,16-17,20-21,28H,4,9-15H2,1-3H3,(H2,24,25,26). The number of nitrogens with one attached hydrogen (secondary N) is 2. The lowest BCUT2D eigenvalue weighted by molar-refractivity contribution is -0.0586. The first kappa shape index (κ1) is 22.6. The van der Waals surface area contributed by atoms with E-state index in [0.29, 0.717) is 31.2 Å². The van der Waals surface area contributed by atoms with E-state index in [-0.39, 0.29) is 24.2 Å². The predicted molar refractivity (Wildman–Crippen MR) is 119 cm³/mol. The van der Waals surface area contributed by atoms with Crippen molar-refractivity contribution in [2.24, 2.45) is 4.99 Å². The van der Waals surface area contributed by atoms with E-state index in [2.05, 4.69) is 17.6 Å². The Morgan fingerprint density at radius 3 is 2.37 bits per heavy atom. The fraction of sp³-hybridized carbons (Fsp3) is 0.652. The number of aliphatic imine (C=N–C) groups is 1. The number of morpholine rings is 1. The number of benzene rings is 1. The van der Waals surface area contributed by atoms with Gasteiger partial charge < -0.3 is 25.4 Å². The zero-order valence-corrected chi connectivity index (χ0v) is 18.4. The summed E-state index contributed by atoms with van der Waals surface area (Å²) in [5, 5.41) is 16.5. The molecule has 30 heavy (non-hydrogen) atoms. The molecule has 7 nitrogen and oxygen atoms in total. The molecule has 3 rings (SSSR count). The first-order valence-electron chi connectivity index (χ1n) is 11.2. The fourth-order valence-electron chi connectivity index (χ4n) is 4.18. The van der Waals surface area contributed by atoms with Crippen LogP contribution in [-0.4, -0.2) is 65.9 Å². The van der Waals surface area contributed by atoms with E-state index in [1.807, 2.05) is 43.0 Å². The Morgan fingerprint density at radius 2 is 1.77 bits per heavy atom. The van der Waals surface area contributed by atoms with E-state index in [1.54, 1.807) is 0 Å². The number of hydrogen-bond acceptors (Lipinski definition) is 4.